The van der Waals surface area contributed by atoms with E-state index in [1.54, 1.807) is 0 Å². The molecule has 2 fully saturated rings. The number of rotatable bonds is 2. The molecule has 1 aromatic heterocycles. The molecule has 0 radical (unpaired) electrons. The summed E-state index contributed by atoms with van der Waals surface area (Å²) in [5.74, 6) is 2.81. The second-order valence-electron chi connectivity index (χ2n) is 5.37. The zero-order valence-corrected chi connectivity index (χ0v) is 12.3. The van der Waals surface area contributed by atoms with Crippen molar-refractivity contribution in [2.24, 2.45) is 5.92 Å². The van der Waals surface area contributed by atoms with E-state index >= 15 is 0 Å². The highest BCUT2D eigenvalue weighted by atomic mass is 79.9. The summed E-state index contributed by atoms with van der Waals surface area (Å²) in [5.41, 5.74) is 1.15. The number of nitrogens with zero attached hydrogens (tertiary/aromatic N) is 2. The first kappa shape index (κ1) is 11.9. The van der Waals surface area contributed by atoms with Gasteiger partial charge in [-0.3, -0.25) is 0 Å². The van der Waals surface area contributed by atoms with Crippen LogP contribution in [0.15, 0.2) is 4.47 Å². The average Bonchev–Trinajstić information content (AvgIpc) is 2.81. The van der Waals surface area contributed by atoms with Crippen molar-refractivity contribution in [2.45, 2.75) is 50.9 Å². The van der Waals surface area contributed by atoms with Gasteiger partial charge >= 0.3 is 0 Å². The Morgan fingerprint density at radius 2 is 1.88 bits per heavy atom. The van der Waals surface area contributed by atoms with E-state index in [9.17, 15) is 0 Å². The lowest BCUT2D eigenvalue weighted by Crippen LogP contribution is -2.04. The quantitative estimate of drug-likeness (QED) is 0.741. The lowest BCUT2D eigenvalue weighted by atomic mass is 10.0. The van der Waals surface area contributed by atoms with Crippen molar-refractivity contribution in [1.29, 1.82) is 0 Å². The Hall–Kier alpha value is -0.150. The second-order valence-corrected chi connectivity index (χ2v) is 6.52. The van der Waals surface area contributed by atoms with Crippen LogP contribution in [0.2, 0.25) is 5.15 Å². The van der Waals surface area contributed by atoms with Gasteiger partial charge in [0.15, 0.2) is 0 Å². The van der Waals surface area contributed by atoms with Gasteiger partial charge in [-0.2, -0.15) is 0 Å². The molecule has 0 spiro atoms. The minimum atomic E-state index is 0.542. The monoisotopic (exact) mass is 314 g/mol. The van der Waals surface area contributed by atoms with E-state index in [4.69, 9.17) is 16.6 Å². The zero-order chi connectivity index (χ0) is 12.0. The van der Waals surface area contributed by atoms with Gasteiger partial charge in [0.25, 0.3) is 0 Å². The van der Waals surface area contributed by atoms with Crippen LogP contribution in [-0.2, 0) is 0 Å². The molecule has 0 saturated heterocycles. The summed E-state index contributed by atoms with van der Waals surface area (Å²) in [6.45, 7) is 2.25. The van der Waals surface area contributed by atoms with Gasteiger partial charge in [-0.05, 0) is 41.1 Å². The van der Waals surface area contributed by atoms with Gasteiger partial charge in [0.2, 0.25) is 0 Å². The van der Waals surface area contributed by atoms with Gasteiger partial charge in [0.05, 0.1) is 10.2 Å². The Kier molecular flexibility index (Phi) is 3.16. The van der Waals surface area contributed by atoms with Gasteiger partial charge in [0.1, 0.15) is 11.0 Å². The molecule has 0 aromatic carbocycles. The molecule has 4 heteroatoms. The van der Waals surface area contributed by atoms with Gasteiger partial charge in [-0.1, -0.05) is 31.4 Å². The van der Waals surface area contributed by atoms with Crippen LogP contribution in [-0.4, -0.2) is 9.97 Å². The van der Waals surface area contributed by atoms with Crippen molar-refractivity contribution < 1.29 is 0 Å². The van der Waals surface area contributed by atoms with Crippen molar-refractivity contribution in [3.8, 4) is 0 Å². The molecule has 2 unspecified atom stereocenters. The Morgan fingerprint density at radius 1 is 1.24 bits per heavy atom. The van der Waals surface area contributed by atoms with E-state index in [1.165, 1.54) is 32.1 Å². The molecule has 2 nitrogen and oxygen atoms in total. The maximum atomic E-state index is 6.22. The molecule has 3 rings (SSSR count). The van der Waals surface area contributed by atoms with Gasteiger partial charge < -0.3 is 0 Å². The lowest BCUT2D eigenvalue weighted by Gasteiger charge is -2.13. The summed E-state index contributed by atoms with van der Waals surface area (Å²) in [7, 11) is 0. The molecule has 0 amide bonds. The first-order chi connectivity index (χ1) is 8.16. The van der Waals surface area contributed by atoms with Gasteiger partial charge in [0, 0.05) is 11.8 Å². The standard InChI is InChI=1S/C13H16BrClN2/c1-7-6-9(7)13-16-11(8-4-2-3-5-8)10(14)12(15)17-13/h7-9H,2-6H2,1H3. The molecule has 0 bridgehead atoms. The van der Waals surface area contributed by atoms with Crippen LogP contribution >= 0.6 is 27.5 Å². The zero-order valence-electron chi connectivity index (χ0n) is 9.92. The summed E-state index contributed by atoms with van der Waals surface area (Å²) in [6.07, 6.45) is 6.32. The Balaban J connectivity index is 1.97. The molecule has 0 N–H and O–H groups in total. The minimum absolute atomic E-state index is 0.542. The van der Waals surface area contributed by atoms with E-state index < -0.39 is 0 Å². The molecule has 17 heavy (non-hydrogen) atoms. The summed E-state index contributed by atoms with van der Waals surface area (Å²) in [4.78, 5) is 9.21. The topological polar surface area (TPSA) is 25.8 Å². The van der Waals surface area contributed by atoms with Crippen LogP contribution in [0.5, 0.6) is 0 Å². The van der Waals surface area contributed by atoms with Gasteiger partial charge in [-0.15, -0.1) is 0 Å². The highest BCUT2D eigenvalue weighted by molar-refractivity contribution is 9.10. The molecule has 2 aliphatic rings. The fraction of sp³-hybridized carbons (Fsp3) is 0.692. The summed E-state index contributed by atoms with van der Waals surface area (Å²) >= 11 is 9.77. The number of hydrogen-bond acceptors (Lipinski definition) is 2. The first-order valence-corrected chi connectivity index (χ1v) is 7.56. The van der Waals surface area contributed by atoms with E-state index in [-0.39, 0.29) is 0 Å². The van der Waals surface area contributed by atoms with Crippen LogP contribution in [0.3, 0.4) is 0 Å². The largest absolute Gasteiger partial charge is 0.236 e. The third-order valence-electron chi connectivity index (χ3n) is 4.04. The van der Waals surface area contributed by atoms with E-state index in [0.717, 1.165) is 21.9 Å². The molecule has 2 atom stereocenters. The SMILES string of the molecule is CC1CC1c1nc(Cl)c(Br)c(C2CCCC2)n1. The number of aromatic nitrogens is 2. The fourth-order valence-electron chi connectivity index (χ4n) is 2.77. The third-order valence-corrected chi connectivity index (χ3v) is 5.32. The van der Waals surface area contributed by atoms with Crippen LogP contribution in [0.1, 0.15) is 62.4 Å². The van der Waals surface area contributed by atoms with Crippen molar-refractivity contribution >= 4 is 27.5 Å². The summed E-state index contributed by atoms with van der Waals surface area (Å²) in [5, 5.41) is 0.594. The number of hydrogen-bond donors (Lipinski definition) is 0. The van der Waals surface area contributed by atoms with Crippen molar-refractivity contribution in [3.05, 3.63) is 21.1 Å². The smallest absolute Gasteiger partial charge is 0.147 e. The van der Waals surface area contributed by atoms with Crippen molar-refractivity contribution in [1.82, 2.24) is 9.97 Å². The molecule has 92 valence electrons. The predicted molar refractivity (Wildman–Crippen MR) is 72.5 cm³/mol. The molecular weight excluding hydrogens is 300 g/mol. The molecule has 1 aromatic rings. The van der Waals surface area contributed by atoms with E-state index in [1.807, 2.05) is 0 Å². The Bertz CT molecular complexity index is 443. The molecular formula is C13H16BrClN2. The fourth-order valence-corrected chi connectivity index (χ4v) is 3.45. The maximum Gasteiger partial charge on any atom is 0.147 e. The number of halogens is 2. The summed E-state index contributed by atoms with van der Waals surface area (Å²) in [6, 6.07) is 0. The Morgan fingerprint density at radius 3 is 2.47 bits per heavy atom. The van der Waals surface area contributed by atoms with Gasteiger partial charge in [-0.25, -0.2) is 9.97 Å². The Labute approximate surface area is 115 Å². The average molecular weight is 316 g/mol. The third kappa shape index (κ3) is 2.24. The molecule has 2 saturated carbocycles. The normalized spacial score (nSPS) is 28.6. The van der Waals surface area contributed by atoms with Crippen LogP contribution < -0.4 is 0 Å². The molecule has 2 aliphatic carbocycles. The predicted octanol–water partition coefficient (Wildman–Crippen LogP) is 4.67. The van der Waals surface area contributed by atoms with Crippen LogP contribution in [0.4, 0.5) is 0 Å². The summed E-state index contributed by atoms with van der Waals surface area (Å²) < 4.78 is 0.920. The van der Waals surface area contributed by atoms with Crippen LogP contribution in [0, 0.1) is 5.92 Å². The minimum Gasteiger partial charge on any atom is -0.236 e. The first-order valence-electron chi connectivity index (χ1n) is 6.39. The highest BCUT2D eigenvalue weighted by Gasteiger charge is 2.37. The molecule has 1 heterocycles. The van der Waals surface area contributed by atoms with Crippen LogP contribution in [0.25, 0.3) is 0 Å². The van der Waals surface area contributed by atoms with Crippen molar-refractivity contribution in [3.63, 3.8) is 0 Å². The van der Waals surface area contributed by atoms with E-state index in [2.05, 4.69) is 27.8 Å². The van der Waals surface area contributed by atoms with E-state index in [0.29, 0.717) is 17.0 Å². The lowest BCUT2D eigenvalue weighted by molar-refractivity contribution is 0.675. The second kappa shape index (κ2) is 4.51. The van der Waals surface area contributed by atoms with Crippen molar-refractivity contribution in [2.75, 3.05) is 0 Å². The maximum absolute atomic E-state index is 6.22. The highest BCUT2D eigenvalue weighted by Crippen LogP contribution is 2.47. The molecule has 0 aliphatic heterocycles.